The summed E-state index contributed by atoms with van der Waals surface area (Å²) >= 11 is 0. The second-order valence-electron chi connectivity index (χ2n) is 4.80. The highest BCUT2D eigenvalue weighted by molar-refractivity contribution is 5.48. The van der Waals surface area contributed by atoms with Crippen LogP contribution in [0.3, 0.4) is 0 Å². The third-order valence-corrected chi connectivity index (χ3v) is 3.82. The van der Waals surface area contributed by atoms with Crippen molar-refractivity contribution in [1.29, 1.82) is 0 Å². The van der Waals surface area contributed by atoms with Gasteiger partial charge in [-0.3, -0.25) is 0 Å². The maximum atomic E-state index is 5.41. The second kappa shape index (κ2) is 3.77. The van der Waals surface area contributed by atoms with Crippen LogP contribution in [0.25, 0.3) is 0 Å². The predicted molar refractivity (Wildman–Crippen MR) is 68.0 cm³/mol. The number of benzene rings is 2. The van der Waals surface area contributed by atoms with Crippen molar-refractivity contribution in [1.82, 2.24) is 0 Å². The SMILES string of the molecule is [c]1c(C2CCc3ccccc32)ccc2c1OCO2. The average molecular weight is 237 g/mol. The van der Waals surface area contributed by atoms with Crippen molar-refractivity contribution < 1.29 is 9.47 Å². The first-order valence-corrected chi connectivity index (χ1v) is 6.31. The molecule has 1 aliphatic carbocycles. The van der Waals surface area contributed by atoms with E-state index in [0.29, 0.717) is 12.7 Å². The first-order chi connectivity index (χ1) is 8.92. The lowest BCUT2D eigenvalue weighted by Crippen LogP contribution is -1.96. The van der Waals surface area contributed by atoms with Gasteiger partial charge >= 0.3 is 0 Å². The third kappa shape index (κ3) is 1.42. The monoisotopic (exact) mass is 237 g/mol. The molecule has 1 aliphatic heterocycles. The van der Waals surface area contributed by atoms with Crippen molar-refractivity contribution in [2.45, 2.75) is 18.8 Å². The Morgan fingerprint density at radius 2 is 2.00 bits per heavy atom. The van der Waals surface area contributed by atoms with Crippen LogP contribution in [-0.2, 0) is 6.42 Å². The van der Waals surface area contributed by atoms with E-state index in [9.17, 15) is 0 Å². The van der Waals surface area contributed by atoms with Gasteiger partial charge in [-0.2, -0.15) is 0 Å². The molecule has 2 nitrogen and oxygen atoms in total. The van der Waals surface area contributed by atoms with E-state index in [0.717, 1.165) is 24.3 Å². The van der Waals surface area contributed by atoms with Crippen molar-refractivity contribution >= 4 is 0 Å². The summed E-state index contributed by atoms with van der Waals surface area (Å²) in [6.07, 6.45) is 2.32. The Labute approximate surface area is 106 Å². The Hall–Kier alpha value is -1.96. The largest absolute Gasteiger partial charge is 0.454 e. The predicted octanol–water partition coefficient (Wildman–Crippen LogP) is 3.29. The maximum Gasteiger partial charge on any atom is 0.231 e. The summed E-state index contributed by atoms with van der Waals surface area (Å²) in [6, 6.07) is 16.1. The molecule has 1 radical (unpaired) electrons. The molecule has 0 saturated carbocycles. The lowest BCUT2D eigenvalue weighted by atomic mass is 9.93. The number of ether oxygens (including phenoxy) is 2. The zero-order valence-electron chi connectivity index (χ0n) is 9.98. The Balaban J connectivity index is 1.77. The van der Waals surface area contributed by atoms with Gasteiger partial charge in [0.15, 0.2) is 11.5 Å². The van der Waals surface area contributed by atoms with Crippen molar-refractivity contribution in [3.63, 3.8) is 0 Å². The van der Waals surface area contributed by atoms with E-state index in [-0.39, 0.29) is 0 Å². The van der Waals surface area contributed by atoms with Crippen molar-refractivity contribution in [2.24, 2.45) is 0 Å². The van der Waals surface area contributed by atoms with Gasteiger partial charge in [0.05, 0.1) is 0 Å². The van der Waals surface area contributed by atoms with E-state index < -0.39 is 0 Å². The third-order valence-electron chi connectivity index (χ3n) is 3.82. The van der Waals surface area contributed by atoms with Crippen LogP contribution in [0.15, 0.2) is 36.4 Å². The van der Waals surface area contributed by atoms with Crippen LogP contribution in [0.4, 0.5) is 0 Å². The first-order valence-electron chi connectivity index (χ1n) is 6.31. The summed E-state index contributed by atoms with van der Waals surface area (Å²) in [5, 5.41) is 0. The number of hydrogen-bond acceptors (Lipinski definition) is 2. The number of aryl methyl sites for hydroxylation is 1. The summed E-state index contributed by atoms with van der Waals surface area (Å²) in [5.74, 6) is 2.03. The molecule has 18 heavy (non-hydrogen) atoms. The van der Waals surface area contributed by atoms with Gasteiger partial charge in [0.25, 0.3) is 0 Å². The first kappa shape index (κ1) is 10.0. The normalized spacial score (nSPS) is 19.9. The standard InChI is InChI=1S/C16H13O2/c1-2-4-13-11(3-1)5-7-14(13)12-6-8-15-16(9-12)18-10-17-15/h1-4,6,8,14H,5,7,10H2. The smallest absolute Gasteiger partial charge is 0.231 e. The molecule has 4 rings (SSSR count). The summed E-state index contributed by atoms with van der Waals surface area (Å²) < 4.78 is 10.7. The molecule has 2 heteroatoms. The van der Waals surface area contributed by atoms with E-state index in [2.05, 4.69) is 36.4 Å². The van der Waals surface area contributed by atoms with Crippen LogP contribution in [0.1, 0.15) is 29.0 Å². The highest BCUT2D eigenvalue weighted by atomic mass is 16.7. The van der Waals surface area contributed by atoms with E-state index in [1.54, 1.807) is 0 Å². The fourth-order valence-electron chi connectivity index (χ4n) is 2.93. The second-order valence-corrected chi connectivity index (χ2v) is 4.80. The van der Waals surface area contributed by atoms with Gasteiger partial charge in [-0.15, -0.1) is 0 Å². The van der Waals surface area contributed by atoms with Crippen molar-refractivity contribution in [2.75, 3.05) is 6.79 Å². The Morgan fingerprint density at radius 3 is 3.00 bits per heavy atom. The van der Waals surface area contributed by atoms with Crippen molar-refractivity contribution in [3.8, 4) is 11.5 Å². The summed E-state index contributed by atoms with van der Waals surface area (Å²) in [5.41, 5.74) is 4.12. The highest BCUT2D eigenvalue weighted by Crippen LogP contribution is 2.41. The number of fused-ring (bicyclic) bond motifs is 2. The number of hydrogen-bond donors (Lipinski definition) is 0. The van der Waals surface area contributed by atoms with Gasteiger partial charge in [0.1, 0.15) is 0 Å². The molecular weight excluding hydrogens is 224 g/mol. The molecule has 1 unspecified atom stereocenters. The molecule has 2 aromatic carbocycles. The number of rotatable bonds is 1. The molecule has 0 N–H and O–H groups in total. The molecular formula is C16H13O2. The van der Waals surface area contributed by atoms with Gasteiger partial charge < -0.3 is 9.47 Å². The van der Waals surface area contributed by atoms with Crippen LogP contribution < -0.4 is 9.47 Å². The quantitative estimate of drug-likeness (QED) is 0.757. The van der Waals surface area contributed by atoms with E-state index in [1.165, 1.54) is 16.7 Å². The molecule has 0 fully saturated rings. The zero-order valence-corrected chi connectivity index (χ0v) is 9.98. The van der Waals surface area contributed by atoms with Crippen LogP contribution in [0.5, 0.6) is 11.5 Å². The minimum Gasteiger partial charge on any atom is -0.454 e. The van der Waals surface area contributed by atoms with Crippen LogP contribution in [0.2, 0.25) is 0 Å². The minimum atomic E-state index is 0.316. The fraction of sp³-hybridized carbons (Fsp3) is 0.250. The summed E-state index contributed by atoms with van der Waals surface area (Å²) in [6.45, 7) is 0.316. The molecule has 1 heterocycles. The molecule has 1 atom stereocenters. The molecule has 0 spiro atoms. The highest BCUT2D eigenvalue weighted by Gasteiger charge is 2.25. The van der Waals surface area contributed by atoms with Crippen LogP contribution in [0, 0.1) is 6.07 Å². The molecule has 89 valence electrons. The van der Waals surface area contributed by atoms with Crippen LogP contribution >= 0.6 is 0 Å². The molecule has 2 aromatic rings. The van der Waals surface area contributed by atoms with Gasteiger partial charge in [-0.1, -0.05) is 30.3 Å². The lowest BCUT2D eigenvalue weighted by Gasteiger charge is -2.12. The average Bonchev–Trinajstić information content (AvgIpc) is 3.04. The van der Waals surface area contributed by atoms with Gasteiger partial charge in [-0.25, -0.2) is 0 Å². The van der Waals surface area contributed by atoms with Crippen LogP contribution in [-0.4, -0.2) is 6.79 Å². The minimum absolute atomic E-state index is 0.316. The molecule has 0 amide bonds. The fourth-order valence-corrected chi connectivity index (χ4v) is 2.93. The zero-order chi connectivity index (χ0) is 11.9. The molecule has 2 aliphatic rings. The Bertz CT molecular complexity index is 604. The Kier molecular flexibility index (Phi) is 2.10. The summed E-state index contributed by atoms with van der Waals surface area (Å²) in [7, 11) is 0. The maximum absolute atomic E-state index is 5.41. The molecule has 0 aromatic heterocycles. The van der Waals surface area contributed by atoms with Gasteiger partial charge in [0, 0.05) is 12.0 Å². The van der Waals surface area contributed by atoms with Crippen molar-refractivity contribution in [3.05, 3.63) is 59.2 Å². The summed E-state index contributed by atoms with van der Waals surface area (Å²) in [4.78, 5) is 0. The molecule has 0 bridgehead atoms. The lowest BCUT2D eigenvalue weighted by molar-refractivity contribution is 0.173. The van der Waals surface area contributed by atoms with E-state index >= 15 is 0 Å². The van der Waals surface area contributed by atoms with Gasteiger partial charge in [-0.05, 0) is 35.6 Å². The van der Waals surface area contributed by atoms with E-state index in [1.807, 2.05) is 6.07 Å². The molecule has 0 saturated heterocycles. The van der Waals surface area contributed by atoms with E-state index in [4.69, 9.17) is 9.47 Å². The Morgan fingerprint density at radius 1 is 1.06 bits per heavy atom. The topological polar surface area (TPSA) is 18.5 Å². The van der Waals surface area contributed by atoms with Gasteiger partial charge in [0.2, 0.25) is 6.79 Å².